The molecule has 2 amide bonds. The largest absolute Gasteiger partial charge is 0.346 e. The Bertz CT molecular complexity index is 1060. The summed E-state index contributed by atoms with van der Waals surface area (Å²) in [7, 11) is 1.89. The Hall–Kier alpha value is -3.13. The number of nitrogens with one attached hydrogen (secondary N) is 2. The Balaban J connectivity index is 1.47. The molecule has 31 heavy (non-hydrogen) atoms. The highest BCUT2D eigenvalue weighted by Crippen LogP contribution is 2.21. The highest BCUT2D eigenvalue weighted by molar-refractivity contribution is 7.99. The van der Waals surface area contributed by atoms with Gasteiger partial charge in [-0.3, -0.25) is 9.59 Å². The molecular weight excluding hydrogens is 410 g/mol. The Kier molecular flexibility index (Phi) is 7.46. The molecule has 0 unspecified atom stereocenters. The zero-order valence-corrected chi connectivity index (χ0v) is 19.0. The van der Waals surface area contributed by atoms with Crippen LogP contribution in [0.3, 0.4) is 0 Å². The normalized spacial score (nSPS) is 10.7. The van der Waals surface area contributed by atoms with E-state index in [1.807, 2.05) is 74.9 Å². The fourth-order valence-electron chi connectivity index (χ4n) is 3.32. The Morgan fingerprint density at radius 2 is 1.68 bits per heavy atom. The van der Waals surface area contributed by atoms with Crippen molar-refractivity contribution in [2.24, 2.45) is 7.05 Å². The third kappa shape index (κ3) is 6.18. The van der Waals surface area contributed by atoms with Crippen molar-refractivity contribution in [3.05, 3.63) is 70.5 Å². The van der Waals surface area contributed by atoms with Crippen LogP contribution < -0.4 is 10.6 Å². The van der Waals surface area contributed by atoms with Crippen LogP contribution in [0.5, 0.6) is 0 Å². The van der Waals surface area contributed by atoms with Gasteiger partial charge in [-0.25, -0.2) is 0 Å². The van der Waals surface area contributed by atoms with Gasteiger partial charge < -0.3 is 15.2 Å². The van der Waals surface area contributed by atoms with E-state index in [1.165, 1.54) is 11.8 Å². The molecular formula is C23H27N5O2S. The number of amides is 2. The Morgan fingerprint density at radius 1 is 1.00 bits per heavy atom. The molecule has 0 aliphatic carbocycles. The number of benzene rings is 2. The fourth-order valence-corrected chi connectivity index (χ4v) is 4.08. The molecule has 0 saturated carbocycles. The van der Waals surface area contributed by atoms with E-state index in [9.17, 15) is 9.59 Å². The molecule has 2 aromatic carbocycles. The van der Waals surface area contributed by atoms with Crippen LogP contribution in [0.4, 0.5) is 5.69 Å². The van der Waals surface area contributed by atoms with Crippen LogP contribution in [0.2, 0.25) is 0 Å². The average Bonchev–Trinajstić information content (AvgIpc) is 3.07. The van der Waals surface area contributed by atoms with Crippen LogP contribution in [-0.4, -0.2) is 38.9 Å². The van der Waals surface area contributed by atoms with Gasteiger partial charge in [-0.1, -0.05) is 59.8 Å². The maximum absolute atomic E-state index is 12.3. The molecule has 3 aromatic rings. The first-order chi connectivity index (χ1) is 14.8. The summed E-state index contributed by atoms with van der Waals surface area (Å²) in [5, 5.41) is 14.6. The van der Waals surface area contributed by atoms with Gasteiger partial charge in [-0.15, -0.1) is 10.2 Å². The first-order valence-corrected chi connectivity index (χ1v) is 11.0. The Labute approximate surface area is 186 Å². The van der Waals surface area contributed by atoms with Crippen molar-refractivity contribution in [1.29, 1.82) is 0 Å². The smallest absolute Gasteiger partial charge is 0.243 e. The van der Waals surface area contributed by atoms with E-state index in [0.717, 1.165) is 33.8 Å². The summed E-state index contributed by atoms with van der Waals surface area (Å²) in [6.07, 6.45) is 0.676. The van der Waals surface area contributed by atoms with Crippen molar-refractivity contribution in [3.63, 3.8) is 0 Å². The van der Waals surface area contributed by atoms with E-state index in [1.54, 1.807) is 0 Å². The van der Waals surface area contributed by atoms with Gasteiger partial charge in [0.15, 0.2) is 5.16 Å². The molecule has 0 spiro atoms. The SMILES string of the molecule is Cc1cc(C)c(NC(=O)CNC(=O)CSc2nnc(Cc3ccccc3)n2C)c(C)c1. The number of carbonyl (C=O) groups excluding carboxylic acids is 2. The number of rotatable bonds is 8. The minimum atomic E-state index is -0.253. The lowest BCUT2D eigenvalue weighted by Gasteiger charge is -2.13. The lowest BCUT2D eigenvalue weighted by atomic mass is 10.1. The standard InChI is InChI=1S/C23H27N5O2S/c1-15-10-16(2)22(17(3)11-15)25-20(29)13-24-21(30)14-31-23-27-26-19(28(23)4)12-18-8-6-5-7-9-18/h5-11H,12-14H2,1-4H3,(H,24,30)(H,25,29). The molecule has 0 aliphatic heterocycles. The van der Waals surface area contributed by atoms with Crippen LogP contribution in [0, 0.1) is 20.8 Å². The minimum Gasteiger partial charge on any atom is -0.346 e. The summed E-state index contributed by atoms with van der Waals surface area (Å²) in [5.74, 6) is 0.507. The quantitative estimate of drug-likeness (QED) is 0.529. The molecule has 2 N–H and O–H groups in total. The van der Waals surface area contributed by atoms with Crippen LogP contribution in [0.15, 0.2) is 47.6 Å². The molecule has 0 saturated heterocycles. The van der Waals surface area contributed by atoms with Crippen molar-refractivity contribution in [2.75, 3.05) is 17.6 Å². The molecule has 7 nitrogen and oxygen atoms in total. The number of hydrogen-bond acceptors (Lipinski definition) is 5. The number of thioether (sulfide) groups is 1. The molecule has 162 valence electrons. The van der Waals surface area contributed by atoms with Crippen molar-refractivity contribution in [2.45, 2.75) is 32.3 Å². The predicted molar refractivity (Wildman–Crippen MR) is 123 cm³/mol. The van der Waals surface area contributed by atoms with Gasteiger partial charge in [0.2, 0.25) is 11.8 Å². The maximum Gasteiger partial charge on any atom is 0.243 e. The molecule has 0 fully saturated rings. The van der Waals surface area contributed by atoms with Crippen molar-refractivity contribution in [3.8, 4) is 0 Å². The van der Waals surface area contributed by atoms with Gasteiger partial charge in [0.05, 0.1) is 12.3 Å². The molecule has 1 aromatic heterocycles. The first kappa shape index (κ1) is 22.6. The summed E-state index contributed by atoms with van der Waals surface area (Å²) in [6, 6.07) is 14.1. The lowest BCUT2D eigenvalue weighted by molar-refractivity contribution is -0.122. The first-order valence-electron chi connectivity index (χ1n) is 10.0. The van der Waals surface area contributed by atoms with E-state index in [0.29, 0.717) is 11.6 Å². The second-order valence-corrected chi connectivity index (χ2v) is 8.45. The summed E-state index contributed by atoms with van der Waals surface area (Å²) >= 11 is 1.29. The number of anilines is 1. The third-order valence-electron chi connectivity index (χ3n) is 4.85. The fraction of sp³-hybridized carbons (Fsp3) is 0.304. The molecule has 0 radical (unpaired) electrons. The van der Waals surface area contributed by atoms with E-state index in [2.05, 4.69) is 20.8 Å². The van der Waals surface area contributed by atoms with E-state index in [-0.39, 0.29) is 24.1 Å². The van der Waals surface area contributed by atoms with Crippen LogP contribution in [0.25, 0.3) is 0 Å². The van der Waals surface area contributed by atoms with Gasteiger partial charge >= 0.3 is 0 Å². The molecule has 8 heteroatoms. The molecule has 3 rings (SSSR count). The number of aryl methyl sites for hydroxylation is 3. The zero-order valence-electron chi connectivity index (χ0n) is 18.2. The second-order valence-electron chi connectivity index (χ2n) is 7.51. The predicted octanol–water partition coefficient (Wildman–Crippen LogP) is 3.18. The van der Waals surface area contributed by atoms with Crippen molar-refractivity contribution in [1.82, 2.24) is 20.1 Å². The van der Waals surface area contributed by atoms with E-state index >= 15 is 0 Å². The van der Waals surface area contributed by atoms with Crippen LogP contribution in [0.1, 0.15) is 28.1 Å². The molecule has 0 bridgehead atoms. The molecule has 1 heterocycles. The highest BCUT2D eigenvalue weighted by Gasteiger charge is 2.13. The Morgan fingerprint density at radius 3 is 2.35 bits per heavy atom. The highest BCUT2D eigenvalue weighted by atomic mass is 32.2. The van der Waals surface area contributed by atoms with Gasteiger partial charge in [0.1, 0.15) is 5.82 Å². The van der Waals surface area contributed by atoms with Crippen LogP contribution >= 0.6 is 11.8 Å². The third-order valence-corrected chi connectivity index (χ3v) is 5.87. The maximum atomic E-state index is 12.3. The second kappa shape index (κ2) is 10.3. The summed E-state index contributed by atoms with van der Waals surface area (Å²) in [6.45, 7) is 5.85. The number of carbonyl (C=O) groups is 2. The van der Waals surface area contributed by atoms with Gasteiger partial charge in [-0.2, -0.15) is 0 Å². The zero-order chi connectivity index (χ0) is 22.4. The minimum absolute atomic E-state index is 0.0791. The topological polar surface area (TPSA) is 88.9 Å². The van der Waals surface area contributed by atoms with Crippen molar-refractivity contribution >= 4 is 29.3 Å². The summed E-state index contributed by atoms with van der Waals surface area (Å²) < 4.78 is 1.89. The number of aromatic nitrogens is 3. The summed E-state index contributed by atoms with van der Waals surface area (Å²) in [5.41, 5.74) is 5.10. The number of nitrogens with zero attached hydrogens (tertiary/aromatic N) is 3. The number of hydrogen-bond donors (Lipinski definition) is 2. The van der Waals surface area contributed by atoms with Gasteiger partial charge in [0.25, 0.3) is 0 Å². The van der Waals surface area contributed by atoms with Crippen LogP contribution in [-0.2, 0) is 23.1 Å². The van der Waals surface area contributed by atoms with E-state index < -0.39 is 0 Å². The summed E-state index contributed by atoms with van der Waals surface area (Å²) in [4.78, 5) is 24.4. The van der Waals surface area contributed by atoms with E-state index in [4.69, 9.17) is 0 Å². The molecule has 0 aliphatic rings. The lowest BCUT2D eigenvalue weighted by Crippen LogP contribution is -2.34. The van der Waals surface area contributed by atoms with Gasteiger partial charge in [0, 0.05) is 19.2 Å². The van der Waals surface area contributed by atoms with Crippen molar-refractivity contribution < 1.29 is 9.59 Å². The monoisotopic (exact) mass is 437 g/mol. The van der Waals surface area contributed by atoms with Gasteiger partial charge in [-0.05, 0) is 37.5 Å². The average molecular weight is 438 g/mol. The molecule has 0 atom stereocenters.